The highest BCUT2D eigenvalue weighted by atomic mass is 16.6. The molecule has 25 heavy (non-hydrogen) atoms. The standard InChI is InChI=1S/C18H21N3O4/c1-5-24-16(22)15-14-10-20(17(23)25-18(2,3)4)12-8-6-7-9-13(12)21(14)11-19-15/h6-9,11H,5,10H2,1-4H3/q+1. The van der Waals surface area contributed by atoms with Gasteiger partial charge in [0.2, 0.25) is 17.1 Å². The monoisotopic (exact) mass is 343 g/mol. The van der Waals surface area contributed by atoms with Gasteiger partial charge >= 0.3 is 12.1 Å². The molecule has 2 aliphatic rings. The van der Waals surface area contributed by atoms with Crippen LogP contribution < -0.4 is 9.80 Å². The predicted molar refractivity (Wildman–Crippen MR) is 94.0 cm³/mol. The molecule has 0 spiro atoms. The fourth-order valence-corrected chi connectivity index (χ4v) is 2.71. The number of ether oxygens (including phenoxy) is 2. The molecule has 0 fully saturated rings. The summed E-state index contributed by atoms with van der Waals surface area (Å²) in [6, 6.07) is 7.42. The Morgan fingerprint density at radius 3 is 2.68 bits per heavy atom. The maximum atomic E-state index is 12.7. The molecule has 0 N–H and O–H groups in total. The average molecular weight is 343 g/mol. The second-order valence-corrected chi connectivity index (χ2v) is 6.69. The number of carbonyl (C=O) groups excluding carboxylic acids is 2. The zero-order valence-electron chi connectivity index (χ0n) is 14.8. The van der Waals surface area contributed by atoms with Crippen molar-refractivity contribution in [2.24, 2.45) is 4.99 Å². The molecule has 131 valence electrons. The molecule has 1 aromatic carbocycles. The zero-order valence-corrected chi connectivity index (χ0v) is 14.8. The Morgan fingerprint density at radius 1 is 1.28 bits per heavy atom. The highest BCUT2D eigenvalue weighted by Crippen LogP contribution is 2.39. The summed E-state index contributed by atoms with van der Waals surface area (Å²) in [4.78, 5) is 32.4. The van der Waals surface area contributed by atoms with Crippen LogP contribution in [0.2, 0.25) is 0 Å². The summed E-state index contributed by atoms with van der Waals surface area (Å²) in [6.45, 7) is 7.62. The van der Waals surface area contributed by atoms with E-state index in [4.69, 9.17) is 9.47 Å². The van der Waals surface area contributed by atoms with Gasteiger partial charge in [0.1, 0.15) is 17.8 Å². The van der Waals surface area contributed by atoms with Gasteiger partial charge in [0.25, 0.3) is 6.34 Å². The average Bonchev–Trinajstić information content (AvgIpc) is 2.97. The molecule has 0 saturated carbocycles. The van der Waals surface area contributed by atoms with E-state index in [0.29, 0.717) is 11.4 Å². The number of nitrogens with zero attached hydrogens (tertiary/aromatic N) is 3. The number of esters is 1. The van der Waals surface area contributed by atoms with Crippen molar-refractivity contribution in [2.45, 2.75) is 33.3 Å². The van der Waals surface area contributed by atoms with E-state index in [2.05, 4.69) is 4.99 Å². The summed E-state index contributed by atoms with van der Waals surface area (Å²) in [5.74, 6) is -0.500. The first-order valence-electron chi connectivity index (χ1n) is 8.15. The molecule has 0 atom stereocenters. The number of para-hydroxylation sites is 2. The molecule has 2 heterocycles. The first-order valence-corrected chi connectivity index (χ1v) is 8.15. The van der Waals surface area contributed by atoms with E-state index in [1.165, 1.54) is 4.90 Å². The Labute approximate surface area is 146 Å². The lowest BCUT2D eigenvalue weighted by Crippen LogP contribution is -2.44. The number of fused-ring (bicyclic) bond motifs is 3. The maximum Gasteiger partial charge on any atom is 0.415 e. The summed E-state index contributed by atoms with van der Waals surface area (Å²) < 4.78 is 10.6. The molecule has 0 bridgehead atoms. The number of rotatable bonds is 2. The van der Waals surface area contributed by atoms with E-state index >= 15 is 0 Å². The Morgan fingerprint density at radius 2 is 2.00 bits per heavy atom. The van der Waals surface area contributed by atoms with Crippen LogP contribution in [-0.2, 0) is 14.3 Å². The van der Waals surface area contributed by atoms with Gasteiger partial charge in [0, 0.05) is 6.07 Å². The SMILES string of the molecule is CCOC(=O)C1=C2CN(C(=O)OC(C)(C)C)c3ccccc3[N+]2C=N1. The van der Waals surface area contributed by atoms with Crippen molar-refractivity contribution in [3.8, 4) is 0 Å². The lowest BCUT2D eigenvalue weighted by Gasteiger charge is -2.30. The van der Waals surface area contributed by atoms with E-state index in [9.17, 15) is 9.59 Å². The van der Waals surface area contributed by atoms with Gasteiger partial charge in [0.15, 0.2) is 0 Å². The molecule has 1 amide bonds. The molecular weight excluding hydrogens is 322 g/mol. The number of amides is 1. The van der Waals surface area contributed by atoms with Crippen molar-refractivity contribution >= 4 is 29.8 Å². The molecular formula is C18H21N3O4+. The normalized spacial score (nSPS) is 16.6. The molecule has 7 heteroatoms. The number of hydrogen-bond acceptors (Lipinski definition) is 6. The number of aliphatic imine (C=N–C) groups is 1. The highest BCUT2D eigenvalue weighted by molar-refractivity contribution is 6.01. The quantitative estimate of drug-likeness (QED) is 0.611. The molecule has 0 saturated heterocycles. The lowest BCUT2D eigenvalue weighted by molar-refractivity contribution is -0.138. The summed E-state index contributed by atoms with van der Waals surface area (Å²) in [7, 11) is 0. The van der Waals surface area contributed by atoms with Crippen LogP contribution in [0.4, 0.5) is 16.2 Å². The van der Waals surface area contributed by atoms with Crippen molar-refractivity contribution in [1.82, 2.24) is 4.90 Å². The first kappa shape index (κ1) is 17.2. The van der Waals surface area contributed by atoms with E-state index in [1.54, 1.807) is 13.3 Å². The van der Waals surface area contributed by atoms with E-state index in [0.717, 1.165) is 5.69 Å². The summed E-state index contributed by atoms with van der Waals surface area (Å²) in [6.07, 6.45) is 1.11. The maximum absolute atomic E-state index is 12.7. The Bertz CT molecular complexity index is 777. The van der Waals surface area contributed by atoms with Crippen LogP contribution in [0.5, 0.6) is 0 Å². The van der Waals surface area contributed by atoms with Gasteiger partial charge in [-0.3, -0.25) is 4.90 Å². The van der Waals surface area contributed by atoms with Crippen LogP contribution in [0.25, 0.3) is 0 Å². The Kier molecular flexibility index (Phi) is 4.34. The number of benzene rings is 1. The minimum atomic E-state index is -0.617. The minimum Gasteiger partial charge on any atom is -0.461 e. The molecule has 0 aromatic heterocycles. The smallest absolute Gasteiger partial charge is 0.415 e. The molecule has 2 aliphatic heterocycles. The topological polar surface area (TPSA) is 74.1 Å². The van der Waals surface area contributed by atoms with Gasteiger partial charge in [-0.2, -0.15) is 4.99 Å². The van der Waals surface area contributed by atoms with Gasteiger partial charge in [-0.15, -0.1) is 0 Å². The van der Waals surface area contributed by atoms with Crippen molar-refractivity contribution in [1.29, 1.82) is 0 Å². The van der Waals surface area contributed by atoms with Gasteiger partial charge < -0.3 is 9.47 Å². The van der Waals surface area contributed by atoms with E-state index in [1.807, 2.05) is 49.9 Å². The summed E-state index contributed by atoms with van der Waals surface area (Å²) in [5.41, 5.74) is 1.66. The van der Waals surface area contributed by atoms with Crippen molar-refractivity contribution in [3.63, 3.8) is 0 Å². The van der Waals surface area contributed by atoms with Crippen LogP contribution in [0, 0.1) is 0 Å². The molecule has 3 rings (SSSR count). The van der Waals surface area contributed by atoms with Crippen molar-refractivity contribution in [3.05, 3.63) is 35.7 Å². The largest absolute Gasteiger partial charge is 0.461 e. The first-order chi connectivity index (χ1) is 11.8. The van der Waals surface area contributed by atoms with Gasteiger partial charge in [-0.25, -0.2) is 9.59 Å². The van der Waals surface area contributed by atoms with Gasteiger partial charge in [-0.05, 0) is 38.7 Å². The highest BCUT2D eigenvalue weighted by Gasteiger charge is 2.46. The third kappa shape index (κ3) is 3.28. The third-order valence-corrected chi connectivity index (χ3v) is 3.69. The van der Waals surface area contributed by atoms with Crippen molar-refractivity contribution < 1.29 is 19.1 Å². The van der Waals surface area contributed by atoms with E-state index in [-0.39, 0.29) is 18.8 Å². The fraction of sp³-hybridized carbons (Fsp3) is 0.389. The lowest BCUT2D eigenvalue weighted by atomic mass is 10.1. The predicted octanol–water partition coefficient (Wildman–Crippen LogP) is 3.03. The van der Waals surface area contributed by atoms with Crippen LogP contribution in [-0.4, -0.2) is 37.2 Å². The minimum absolute atomic E-state index is 0.181. The van der Waals surface area contributed by atoms with Gasteiger partial charge in [-0.1, -0.05) is 12.1 Å². The molecule has 1 aromatic rings. The van der Waals surface area contributed by atoms with Crippen LogP contribution in [0.1, 0.15) is 27.7 Å². The Balaban J connectivity index is 2.02. The number of carbonyl (C=O) groups is 2. The number of anilines is 2. The Hall–Kier alpha value is -2.67. The zero-order chi connectivity index (χ0) is 18.2. The molecule has 0 aliphatic carbocycles. The molecule has 1 radical (unpaired) electrons. The second-order valence-electron chi connectivity index (χ2n) is 6.69. The molecule has 0 unspecified atom stereocenters. The third-order valence-electron chi connectivity index (χ3n) is 3.69. The van der Waals surface area contributed by atoms with Crippen LogP contribution >= 0.6 is 0 Å². The second kappa shape index (κ2) is 6.33. The summed E-state index contributed by atoms with van der Waals surface area (Å²) in [5, 5.41) is 0. The summed E-state index contributed by atoms with van der Waals surface area (Å²) >= 11 is 0. The number of hydrogen-bond donors (Lipinski definition) is 0. The fourth-order valence-electron chi connectivity index (χ4n) is 2.71. The van der Waals surface area contributed by atoms with Crippen molar-refractivity contribution in [2.75, 3.05) is 18.1 Å². The van der Waals surface area contributed by atoms with Crippen LogP contribution in [0.15, 0.2) is 40.7 Å². The molecule has 7 nitrogen and oxygen atoms in total. The van der Waals surface area contributed by atoms with Gasteiger partial charge in [0.05, 0.1) is 6.61 Å². The van der Waals surface area contributed by atoms with Crippen LogP contribution in [0.3, 0.4) is 0 Å². The van der Waals surface area contributed by atoms with E-state index < -0.39 is 17.7 Å².